The lowest BCUT2D eigenvalue weighted by atomic mass is 10.3. The summed E-state index contributed by atoms with van der Waals surface area (Å²) in [6.07, 6.45) is 0.817. The minimum Gasteiger partial charge on any atom is -0.355 e. The highest BCUT2D eigenvalue weighted by Crippen LogP contribution is 2.00. The van der Waals surface area contributed by atoms with Crippen LogP contribution in [0.25, 0.3) is 5.69 Å². The summed E-state index contributed by atoms with van der Waals surface area (Å²) in [5.74, 6) is -0.764. The van der Waals surface area contributed by atoms with Gasteiger partial charge in [0.2, 0.25) is 11.8 Å². The Bertz CT molecular complexity index is 722. The van der Waals surface area contributed by atoms with Gasteiger partial charge in [0, 0.05) is 6.54 Å². The molecule has 0 aliphatic carbocycles. The molecule has 0 fully saturated rings. The van der Waals surface area contributed by atoms with Gasteiger partial charge in [0.05, 0.1) is 12.2 Å². The predicted molar refractivity (Wildman–Crippen MR) is 81.9 cm³/mol. The van der Waals surface area contributed by atoms with Crippen LogP contribution in [-0.2, 0) is 16.1 Å². The number of rotatable bonds is 7. The van der Waals surface area contributed by atoms with Gasteiger partial charge in [-0.3, -0.25) is 9.59 Å². The lowest BCUT2D eigenvalue weighted by molar-refractivity contribution is -0.126. The number of hydrogen-bond donors (Lipinski definition) is 2. The highest BCUT2D eigenvalue weighted by molar-refractivity contribution is 5.84. The van der Waals surface area contributed by atoms with Crippen molar-refractivity contribution >= 4 is 11.8 Å². The molecule has 2 rings (SSSR count). The Morgan fingerprint density at radius 3 is 2.52 bits per heavy atom. The number of benzene rings is 1. The topological polar surface area (TPSA) is 111 Å². The van der Waals surface area contributed by atoms with Gasteiger partial charge < -0.3 is 10.6 Å². The summed E-state index contributed by atoms with van der Waals surface area (Å²) in [7, 11) is 0. The van der Waals surface area contributed by atoms with E-state index < -0.39 is 11.6 Å². The Hall–Kier alpha value is -2.97. The van der Waals surface area contributed by atoms with Crippen LogP contribution in [-0.4, -0.2) is 44.7 Å². The van der Waals surface area contributed by atoms with Crippen molar-refractivity contribution in [2.24, 2.45) is 0 Å². The number of tetrazole rings is 1. The summed E-state index contributed by atoms with van der Waals surface area (Å²) in [6.45, 7) is 2.05. The number of nitrogens with zero attached hydrogens (tertiary/aromatic N) is 4. The number of para-hydroxylation sites is 1. The molecule has 9 heteroatoms. The average molecular weight is 318 g/mol. The second kappa shape index (κ2) is 7.87. The highest BCUT2D eigenvalue weighted by atomic mass is 16.2. The van der Waals surface area contributed by atoms with Crippen LogP contribution in [0.5, 0.6) is 0 Å². The molecular weight excluding hydrogens is 300 g/mol. The number of carbonyl (C=O) groups excluding carboxylic acids is 2. The molecule has 1 aromatic heterocycles. The lowest BCUT2D eigenvalue weighted by Crippen LogP contribution is -2.40. The second-order valence-electron chi connectivity index (χ2n) is 4.79. The first-order valence-corrected chi connectivity index (χ1v) is 7.23. The maximum Gasteiger partial charge on any atom is 0.368 e. The SMILES string of the molecule is CCCNC(=O)CNC(=O)Cn1nnn(-c2ccccc2)c1=O. The van der Waals surface area contributed by atoms with Crippen molar-refractivity contribution in [2.45, 2.75) is 19.9 Å². The molecule has 0 saturated carbocycles. The summed E-state index contributed by atoms with van der Waals surface area (Å²) in [4.78, 5) is 35.3. The van der Waals surface area contributed by atoms with Crippen LogP contribution < -0.4 is 16.3 Å². The van der Waals surface area contributed by atoms with Gasteiger partial charge in [0.1, 0.15) is 6.54 Å². The van der Waals surface area contributed by atoms with Crippen LogP contribution in [0.2, 0.25) is 0 Å². The van der Waals surface area contributed by atoms with Crippen LogP contribution in [0.15, 0.2) is 35.1 Å². The van der Waals surface area contributed by atoms with Gasteiger partial charge in [-0.1, -0.05) is 25.1 Å². The number of aromatic nitrogens is 4. The van der Waals surface area contributed by atoms with Crippen molar-refractivity contribution in [3.05, 3.63) is 40.8 Å². The molecule has 2 N–H and O–H groups in total. The van der Waals surface area contributed by atoms with Gasteiger partial charge >= 0.3 is 5.69 Å². The highest BCUT2D eigenvalue weighted by Gasteiger charge is 2.12. The van der Waals surface area contributed by atoms with Crippen LogP contribution in [0.3, 0.4) is 0 Å². The minimum absolute atomic E-state index is 0.138. The van der Waals surface area contributed by atoms with Crippen molar-refractivity contribution in [3.8, 4) is 5.69 Å². The first-order chi connectivity index (χ1) is 11.1. The van der Waals surface area contributed by atoms with Crippen molar-refractivity contribution < 1.29 is 9.59 Å². The molecule has 0 atom stereocenters. The summed E-state index contributed by atoms with van der Waals surface area (Å²) in [6, 6.07) is 8.76. The first kappa shape index (κ1) is 16.4. The van der Waals surface area contributed by atoms with E-state index in [0.717, 1.165) is 15.8 Å². The van der Waals surface area contributed by atoms with E-state index in [9.17, 15) is 14.4 Å². The average Bonchev–Trinajstić information content (AvgIpc) is 2.92. The smallest absolute Gasteiger partial charge is 0.355 e. The normalized spacial score (nSPS) is 10.3. The van der Waals surface area contributed by atoms with Gasteiger partial charge in [-0.15, -0.1) is 0 Å². The molecule has 2 aromatic rings. The molecule has 0 aliphatic rings. The van der Waals surface area contributed by atoms with E-state index in [0.29, 0.717) is 12.2 Å². The maximum absolute atomic E-state index is 12.1. The summed E-state index contributed by atoms with van der Waals surface area (Å²) < 4.78 is 2.04. The van der Waals surface area contributed by atoms with Crippen LogP contribution in [0.1, 0.15) is 13.3 Å². The van der Waals surface area contributed by atoms with Gasteiger partial charge in [-0.2, -0.15) is 9.36 Å². The molecule has 1 heterocycles. The van der Waals surface area contributed by atoms with E-state index in [2.05, 4.69) is 21.1 Å². The fraction of sp³-hybridized carbons (Fsp3) is 0.357. The molecule has 0 aliphatic heterocycles. The molecule has 0 bridgehead atoms. The van der Waals surface area contributed by atoms with E-state index in [1.54, 1.807) is 24.3 Å². The summed E-state index contributed by atoms with van der Waals surface area (Å²) >= 11 is 0. The fourth-order valence-electron chi connectivity index (χ4n) is 1.80. The van der Waals surface area contributed by atoms with Crippen molar-refractivity contribution in [2.75, 3.05) is 13.1 Å². The Balaban J connectivity index is 1.94. The van der Waals surface area contributed by atoms with Gasteiger partial charge in [-0.05, 0) is 29.0 Å². The van der Waals surface area contributed by atoms with E-state index in [4.69, 9.17) is 0 Å². The molecule has 9 nitrogen and oxygen atoms in total. The zero-order chi connectivity index (χ0) is 16.7. The summed E-state index contributed by atoms with van der Waals surface area (Å²) in [5, 5.41) is 12.5. The Labute approximate surface area is 132 Å². The number of hydrogen-bond acceptors (Lipinski definition) is 5. The molecule has 0 spiro atoms. The molecule has 0 saturated heterocycles. The third-order valence-electron chi connectivity index (χ3n) is 2.95. The Morgan fingerprint density at radius 1 is 1.09 bits per heavy atom. The third-order valence-corrected chi connectivity index (χ3v) is 2.95. The van der Waals surface area contributed by atoms with Gasteiger partial charge in [0.15, 0.2) is 0 Å². The Kier molecular flexibility index (Phi) is 5.61. The third kappa shape index (κ3) is 4.50. The number of amides is 2. The van der Waals surface area contributed by atoms with Crippen LogP contribution in [0, 0.1) is 0 Å². The molecule has 0 unspecified atom stereocenters. The fourth-order valence-corrected chi connectivity index (χ4v) is 1.80. The summed E-state index contributed by atoms with van der Waals surface area (Å²) in [5.41, 5.74) is 0.0323. The van der Waals surface area contributed by atoms with Crippen LogP contribution >= 0.6 is 0 Å². The predicted octanol–water partition coefficient (Wildman–Crippen LogP) is -0.929. The molecule has 1 aromatic carbocycles. The van der Waals surface area contributed by atoms with Crippen molar-refractivity contribution in [1.82, 2.24) is 30.4 Å². The minimum atomic E-state index is -0.526. The van der Waals surface area contributed by atoms with E-state index >= 15 is 0 Å². The standard InChI is InChI=1S/C14H18N6O3/c1-2-8-15-12(21)9-16-13(22)10-19-14(23)20(18-17-19)11-6-4-3-5-7-11/h3-7H,2,8-10H2,1H3,(H,15,21)(H,16,22). The zero-order valence-electron chi connectivity index (χ0n) is 12.7. The second-order valence-corrected chi connectivity index (χ2v) is 4.79. The Morgan fingerprint density at radius 2 is 1.83 bits per heavy atom. The molecule has 0 radical (unpaired) electrons. The number of carbonyl (C=O) groups is 2. The zero-order valence-corrected chi connectivity index (χ0v) is 12.7. The van der Waals surface area contributed by atoms with Crippen molar-refractivity contribution in [1.29, 1.82) is 0 Å². The maximum atomic E-state index is 12.1. The van der Waals surface area contributed by atoms with Gasteiger partial charge in [0.25, 0.3) is 0 Å². The van der Waals surface area contributed by atoms with E-state index in [1.165, 1.54) is 0 Å². The molecule has 122 valence electrons. The van der Waals surface area contributed by atoms with E-state index in [-0.39, 0.29) is 19.0 Å². The largest absolute Gasteiger partial charge is 0.368 e. The van der Waals surface area contributed by atoms with Gasteiger partial charge in [-0.25, -0.2) is 4.79 Å². The van der Waals surface area contributed by atoms with E-state index in [1.807, 2.05) is 13.0 Å². The number of nitrogens with one attached hydrogen (secondary N) is 2. The quantitative estimate of drug-likeness (QED) is 0.685. The van der Waals surface area contributed by atoms with Crippen molar-refractivity contribution in [3.63, 3.8) is 0 Å². The molecule has 2 amide bonds. The molecule has 23 heavy (non-hydrogen) atoms. The monoisotopic (exact) mass is 318 g/mol. The van der Waals surface area contributed by atoms with Crippen LogP contribution in [0.4, 0.5) is 0 Å². The molecular formula is C14H18N6O3. The first-order valence-electron chi connectivity index (χ1n) is 7.23. The lowest BCUT2D eigenvalue weighted by Gasteiger charge is -2.05.